The fraction of sp³-hybridized carbons (Fsp3) is 0.800. The highest BCUT2D eigenvalue weighted by atomic mass is 79.9. The van der Waals surface area contributed by atoms with Crippen LogP contribution in [0.3, 0.4) is 0 Å². The highest BCUT2D eigenvalue weighted by molar-refractivity contribution is 9.11. The van der Waals surface area contributed by atoms with E-state index in [2.05, 4.69) is 41.3 Å². The van der Waals surface area contributed by atoms with Gasteiger partial charge in [-0.2, -0.15) is 0 Å². The van der Waals surface area contributed by atoms with Crippen molar-refractivity contribution in [3.8, 4) is 0 Å². The van der Waals surface area contributed by atoms with E-state index in [1.807, 2.05) is 0 Å². The zero-order chi connectivity index (χ0) is 10.8. The van der Waals surface area contributed by atoms with E-state index in [0.717, 1.165) is 36.3 Å². The summed E-state index contributed by atoms with van der Waals surface area (Å²) in [7, 11) is -0.690. The van der Waals surface area contributed by atoms with Gasteiger partial charge in [-0.1, -0.05) is 22.5 Å². The fourth-order valence-electron chi connectivity index (χ4n) is 1.54. The summed E-state index contributed by atoms with van der Waals surface area (Å²) in [5.41, 5.74) is 0. The van der Waals surface area contributed by atoms with Gasteiger partial charge in [-0.3, -0.25) is 9.11 Å². The maximum atomic E-state index is 11.8. The van der Waals surface area contributed by atoms with E-state index in [-0.39, 0.29) is 4.75 Å². The lowest BCUT2D eigenvalue weighted by atomic mass is 10.1. The molecule has 1 heterocycles. The van der Waals surface area contributed by atoms with Gasteiger partial charge in [0.15, 0.2) is 0 Å². The standard InChI is InChI=1S/C10H18BrNOS/c1-9(11)8-12-5-4-10(2,3)14(13)7-6-12/h1,4-8H2,2-3H3. The number of hydrogen-bond donors (Lipinski definition) is 0. The van der Waals surface area contributed by atoms with Gasteiger partial charge < -0.3 is 0 Å². The molecule has 0 aromatic heterocycles. The van der Waals surface area contributed by atoms with Crippen LogP contribution in [0.4, 0.5) is 0 Å². The quantitative estimate of drug-likeness (QED) is 0.772. The Morgan fingerprint density at radius 3 is 2.79 bits per heavy atom. The Kier molecular flexibility index (Phi) is 4.34. The first-order valence-electron chi connectivity index (χ1n) is 4.86. The van der Waals surface area contributed by atoms with Crippen molar-refractivity contribution in [1.29, 1.82) is 0 Å². The minimum Gasteiger partial charge on any atom is -0.298 e. The van der Waals surface area contributed by atoms with Crippen molar-refractivity contribution in [3.63, 3.8) is 0 Å². The van der Waals surface area contributed by atoms with Gasteiger partial charge in [-0.25, -0.2) is 0 Å². The molecule has 0 N–H and O–H groups in total. The first-order chi connectivity index (χ1) is 6.42. The van der Waals surface area contributed by atoms with Gasteiger partial charge in [0, 0.05) is 38.9 Å². The van der Waals surface area contributed by atoms with Crippen molar-refractivity contribution in [1.82, 2.24) is 4.90 Å². The lowest BCUT2D eigenvalue weighted by Gasteiger charge is -2.21. The topological polar surface area (TPSA) is 20.3 Å². The average Bonchev–Trinajstić information content (AvgIpc) is 2.17. The van der Waals surface area contributed by atoms with Crippen molar-refractivity contribution in [2.24, 2.45) is 0 Å². The molecule has 1 aliphatic heterocycles. The largest absolute Gasteiger partial charge is 0.298 e. The minimum absolute atomic E-state index is 0.0254. The minimum atomic E-state index is -0.690. The molecule has 0 amide bonds. The first-order valence-corrected chi connectivity index (χ1v) is 6.97. The summed E-state index contributed by atoms with van der Waals surface area (Å²) >= 11 is 3.37. The van der Waals surface area contributed by atoms with Crippen molar-refractivity contribution in [2.45, 2.75) is 25.0 Å². The lowest BCUT2D eigenvalue weighted by molar-refractivity contribution is 0.312. The number of rotatable bonds is 2. The molecule has 0 saturated carbocycles. The third kappa shape index (κ3) is 3.48. The highest BCUT2D eigenvalue weighted by Gasteiger charge is 2.29. The van der Waals surface area contributed by atoms with Crippen LogP contribution < -0.4 is 0 Å². The van der Waals surface area contributed by atoms with Crippen molar-refractivity contribution < 1.29 is 4.21 Å². The third-order valence-corrected chi connectivity index (χ3v) is 4.88. The van der Waals surface area contributed by atoms with Crippen molar-refractivity contribution in [3.05, 3.63) is 11.1 Å². The Labute approximate surface area is 97.3 Å². The van der Waals surface area contributed by atoms with Crippen LogP contribution in [0.25, 0.3) is 0 Å². The van der Waals surface area contributed by atoms with Gasteiger partial charge in [-0.05, 0) is 26.8 Å². The lowest BCUT2D eigenvalue weighted by Crippen LogP contribution is -2.28. The van der Waals surface area contributed by atoms with Crippen LogP contribution in [0.2, 0.25) is 0 Å². The summed E-state index contributed by atoms with van der Waals surface area (Å²) in [6.07, 6.45) is 1.000. The van der Waals surface area contributed by atoms with Gasteiger partial charge in [0.2, 0.25) is 0 Å². The summed E-state index contributed by atoms with van der Waals surface area (Å²) in [4.78, 5) is 2.31. The molecule has 0 aromatic rings. The molecule has 1 saturated heterocycles. The molecule has 0 aliphatic carbocycles. The fourth-order valence-corrected chi connectivity index (χ4v) is 3.19. The molecule has 1 aliphatic rings. The van der Waals surface area contributed by atoms with Crippen molar-refractivity contribution >= 4 is 26.7 Å². The van der Waals surface area contributed by atoms with E-state index >= 15 is 0 Å². The van der Waals surface area contributed by atoms with Crippen LogP contribution in [-0.4, -0.2) is 39.2 Å². The molecule has 1 atom stereocenters. The van der Waals surface area contributed by atoms with E-state index in [4.69, 9.17) is 0 Å². The third-order valence-electron chi connectivity index (χ3n) is 2.63. The molecule has 1 unspecified atom stereocenters. The van der Waals surface area contributed by atoms with Crippen LogP contribution in [-0.2, 0) is 10.8 Å². The Hall–Kier alpha value is 0.330. The van der Waals surface area contributed by atoms with E-state index in [1.54, 1.807) is 0 Å². The molecule has 1 rings (SSSR count). The maximum Gasteiger partial charge on any atom is 0.0415 e. The first kappa shape index (κ1) is 12.4. The molecule has 0 bridgehead atoms. The molecule has 0 spiro atoms. The van der Waals surface area contributed by atoms with Gasteiger partial charge in [0.1, 0.15) is 0 Å². The average molecular weight is 280 g/mol. The van der Waals surface area contributed by atoms with Crippen molar-refractivity contribution in [2.75, 3.05) is 25.4 Å². The number of nitrogens with zero attached hydrogens (tertiary/aromatic N) is 1. The molecular formula is C10H18BrNOS. The van der Waals surface area contributed by atoms with E-state index in [0.29, 0.717) is 0 Å². The van der Waals surface area contributed by atoms with E-state index in [1.165, 1.54) is 0 Å². The van der Waals surface area contributed by atoms with Gasteiger partial charge in [0.05, 0.1) is 0 Å². The molecule has 4 heteroatoms. The second-order valence-electron chi connectivity index (χ2n) is 4.35. The second kappa shape index (κ2) is 4.90. The molecule has 1 fully saturated rings. The highest BCUT2D eigenvalue weighted by Crippen LogP contribution is 2.22. The summed E-state index contributed by atoms with van der Waals surface area (Å²) in [6.45, 7) is 10.8. The Morgan fingerprint density at radius 2 is 2.21 bits per heavy atom. The molecule has 82 valence electrons. The van der Waals surface area contributed by atoms with Gasteiger partial charge in [-0.15, -0.1) is 0 Å². The Morgan fingerprint density at radius 1 is 1.57 bits per heavy atom. The predicted octanol–water partition coefficient (Wildman–Crippen LogP) is 2.13. The Bertz CT molecular complexity index is 253. The normalized spacial score (nSPS) is 28.4. The van der Waals surface area contributed by atoms with Crippen LogP contribution in [0.1, 0.15) is 20.3 Å². The molecule has 0 radical (unpaired) electrons. The van der Waals surface area contributed by atoms with Crippen LogP contribution in [0.5, 0.6) is 0 Å². The summed E-state index contributed by atoms with van der Waals surface area (Å²) in [5, 5.41) is 0. The van der Waals surface area contributed by atoms with E-state index < -0.39 is 10.8 Å². The van der Waals surface area contributed by atoms with Crippen LogP contribution in [0.15, 0.2) is 11.1 Å². The Balaban J connectivity index is 2.56. The predicted molar refractivity (Wildman–Crippen MR) is 66.2 cm³/mol. The molecular weight excluding hydrogens is 262 g/mol. The number of hydrogen-bond acceptors (Lipinski definition) is 2. The summed E-state index contributed by atoms with van der Waals surface area (Å²) in [5.74, 6) is 0.785. The van der Waals surface area contributed by atoms with Crippen LogP contribution in [0, 0.1) is 0 Å². The number of halogens is 1. The summed E-state index contributed by atoms with van der Waals surface area (Å²) in [6, 6.07) is 0. The second-order valence-corrected chi connectivity index (χ2v) is 7.68. The molecule has 2 nitrogen and oxygen atoms in total. The van der Waals surface area contributed by atoms with Gasteiger partial charge in [0.25, 0.3) is 0 Å². The zero-order valence-corrected chi connectivity index (χ0v) is 11.3. The zero-order valence-electron chi connectivity index (χ0n) is 8.88. The smallest absolute Gasteiger partial charge is 0.0415 e. The molecule has 14 heavy (non-hydrogen) atoms. The summed E-state index contributed by atoms with van der Waals surface area (Å²) < 4.78 is 12.8. The van der Waals surface area contributed by atoms with Gasteiger partial charge >= 0.3 is 0 Å². The monoisotopic (exact) mass is 279 g/mol. The SMILES string of the molecule is C=C(Br)CN1CCS(=O)C(C)(C)CC1. The van der Waals surface area contributed by atoms with Crippen LogP contribution >= 0.6 is 15.9 Å². The maximum absolute atomic E-state index is 11.8. The molecule has 0 aromatic carbocycles. The van der Waals surface area contributed by atoms with E-state index in [9.17, 15) is 4.21 Å².